The van der Waals surface area contributed by atoms with E-state index in [1.54, 1.807) is 36.5 Å². The Hall–Kier alpha value is -2.34. The zero-order valence-electron chi connectivity index (χ0n) is 10.6. The highest BCUT2D eigenvalue weighted by molar-refractivity contribution is 5.57. The van der Waals surface area contributed by atoms with Crippen LogP contribution in [-0.2, 0) is 0 Å². The van der Waals surface area contributed by atoms with Gasteiger partial charge in [0, 0.05) is 23.1 Å². The fraction of sp³-hybridized carbons (Fsp3) is 0.308. The van der Waals surface area contributed by atoms with Gasteiger partial charge in [-0.25, -0.2) is 0 Å². The van der Waals surface area contributed by atoms with E-state index < -0.39 is 12.2 Å². The van der Waals surface area contributed by atoms with E-state index in [4.69, 9.17) is 10.1 Å². The van der Waals surface area contributed by atoms with Gasteiger partial charge in [-0.1, -0.05) is 34.5 Å². The summed E-state index contributed by atoms with van der Waals surface area (Å²) in [6, 6.07) is 8.71. The molecular formula is C13H14N4O3. The summed E-state index contributed by atoms with van der Waals surface area (Å²) in [4.78, 5) is 2.60. The average Bonchev–Trinajstić information content (AvgIpc) is 3.01. The Balaban J connectivity index is 2.03. The minimum absolute atomic E-state index is 0.144. The topological polar surface area (TPSA) is 115 Å². The van der Waals surface area contributed by atoms with Crippen LogP contribution in [0.25, 0.3) is 21.8 Å². The second-order valence-electron chi connectivity index (χ2n) is 4.25. The number of aliphatic hydroxyl groups is 2. The van der Waals surface area contributed by atoms with Crippen LogP contribution >= 0.6 is 0 Å². The number of hydrogen-bond acceptors (Lipinski definition) is 5. The monoisotopic (exact) mass is 274 g/mol. The standard InChI is InChI=1S/C13H14N4O3/c14-17-15-7-5-11(18)13(19)10-3-1-9(2-4-10)12-6-8-16-20-12/h1-4,6,8,11,13,18-19H,5,7H2. The molecule has 0 aliphatic carbocycles. The van der Waals surface area contributed by atoms with E-state index in [1.165, 1.54) is 0 Å². The van der Waals surface area contributed by atoms with Crippen LogP contribution in [0.2, 0.25) is 0 Å². The zero-order valence-corrected chi connectivity index (χ0v) is 10.6. The van der Waals surface area contributed by atoms with E-state index in [-0.39, 0.29) is 13.0 Å². The largest absolute Gasteiger partial charge is 0.390 e. The molecule has 2 N–H and O–H groups in total. The molecule has 2 rings (SSSR count). The number of rotatable bonds is 6. The van der Waals surface area contributed by atoms with Crippen molar-refractivity contribution in [2.75, 3.05) is 6.54 Å². The molecule has 1 heterocycles. The van der Waals surface area contributed by atoms with E-state index in [9.17, 15) is 10.2 Å². The van der Waals surface area contributed by atoms with E-state index in [0.29, 0.717) is 11.3 Å². The molecule has 0 saturated carbocycles. The SMILES string of the molecule is [N-]=[N+]=NCCC(O)C(O)c1ccc(-c2ccno2)cc1. The first-order chi connectivity index (χ1) is 9.72. The molecular weight excluding hydrogens is 260 g/mol. The normalized spacial score (nSPS) is 13.5. The molecule has 0 bridgehead atoms. The molecule has 0 aliphatic heterocycles. The Morgan fingerprint density at radius 2 is 2.00 bits per heavy atom. The molecule has 104 valence electrons. The summed E-state index contributed by atoms with van der Waals surface area (Å²) in [5, 5.41) is 26.7. The number of azide groups is 1. The van der Waals surface area contributed by atoms with Crippen LogP contribution in [0.1, 0.15) is 18.1 Å². The van der Waals surface area contributed by atoms with Crippen LogP contribution < -0.4 is 0 Å². The van der Waals surface area contributed by atoms with Gasteiger partial charge in [0.1, 0.15) is 6.10 Å². The summed E-state index contributed by atoms with van der Waals surface area (Å²) in [5.74, 6) is 0.634. The number of nitrogens with zero attached hydrogens (tertiary/aromatic N) is 4. The second-order valence-corrected chi connectivity index (χ2v) is 4.25. The van der Waals surface area contributed by atoms with E-state index in [1.807, 2.05) is 0 Å². The summed E-state index contributed by atoms with van der Waals surface area (Å²) in [7, 11) is 0. The lowest BCUT2D eigenvalue weighted by Crippen LogP contribution is -2.19. The Kier molecular flexibility index (Phi) is 4.73. The third kappa shape index (κ3) is 3.36. The lowest BCUT2D eigenvalue weighted by molar-refractivity contribution is 0.0150. The number of aliphatic hydroxyl groups excluding tert-OH is 2. The first-order valence-electron chi connectivity index (χ1n) is 6.10. The van der Waals surface area contributed by atoms with Gasteiger partial charge < -0.3 is 14.7 Å². The van der Waals surface area contributed by atoms with Crippen molar-refractivity contribution in [3.05, 3.63) is 52.5 Å². The minimum atomic E-state index is -1.02. The van der Waals surface area contributed by atoms with Crippen LogP contribution in [0.3, 0.4) is 0 Å². The molecule has 20 heavy (non-hydrogen) atoms. The predicted octanol–water partition coefficient (Wildman–Crippen LogP) is 2.44. The molecule has 1 aromatic carbocycles. The van der Waals surface area contributed by atoms with Crippen molar-refractivity contribution in [2.24, 2.45) is 5.11 Å². The fourth-order valence-electron chi connectivity index (χ4n) is 1.82. The predicted molar refractivity (Wildman–Crippen MR) is 71.5 cm³/mol. The highest BCUT2D eigenvalue weighted by Gasteiger charge is 2.17. The van der Waals surface area contributed by atoms with Gasteiger partial charge in [-0.3, -0.25) is 0 Å². The molecule has 1 aromatic heterocycles. The van der Waals surface area contributed by atoms with Gasteiger partial charge in [0.25, 0.3) is 0 Å². The Morgan fingerprint density at radius 3 is 2.60 bits per heavy atom. The van der Waals surface area contributed by atoms with Crippen molar-refractivity contribution in [3.8, 4) is 11.3 Å². The maximum absolute atomic E-state index is 9.99. The third-order valence-corrected chi connectivity index (χ3v) is 2.93. The Labute approximate surface area is 115 Å². The smallest absolute Gasteiger partial charge is 0.166 e. The van der Waals surface area contributed by atoms with Gasteiger partial charge in [0.2, 0.25) is 0 Å². The summed E-state index contributed by atoms with van der Waals surface area (Å²) >= 11 is 0. The first-order valence-corrected chi connectivity index (χ1v) is 6.10. The molecule has 2 atom stereocenters. The highest BCUT2D eigenvalue weighted by atomic mass is 16.5. The van der Waals surface area contributed by atoms with Gasteiger partial charge in [0.15, 0.2) is 5.76 Å². The van der Waals surface area contributed by atoms with Crippen molar-refractivity contribution in [1.82, 2.24) is 5.16 Å². The van der Waals surface area contributed by atoms with Crippen molar-refractivity contribution in [2.45, 2.75) is 18.6 Å². The molecule has 7 nitrogen and oxygen atoms in total. The van der Waals surface area contributed by atoms with Gasteiger partial charge in [-0.2, -0.15) is 0 Å². The number of aromatic nitrogens is 1. The van der Waals surface area contributed by atoms with Crippen molar-refractivity contribution in [1.29, 1.82) is 0 Å². The quantitative estimate of drug-likeness (QED) is 0.478. The molecule has 0 amide bonds. The van der Waals surface area contributed by atoms with Crippen LogP contribution in [0.4, 0.5) is 0 Å². The lowest BCUT2D eigenvalue weighted by atomic mass is 10.0. The molecule has 0 saturated heterocycles. The van der Waals surface area contributed by atoms with Crippen LogP contribution in [-0.4, -0.2) is 28.0 Å². The number of benzene rings is 1. The molecule has 7 heteroatoms. The van der Waals surface area contributed by atoms with Gasteiger partial charge in [-0.05, 0) is 17.5 Å². The average molecular weight is 274 g/mol. The van der Waals surface area contributed by atoms with Gasteiger partial charge in [0.05, 0.1) is 12.3 Å². The summed E-state index contributed by atoms with van der Waals surface area (Å²) in [6.07, 6.45) is -0.239. The maximum atomic E-state index is 9.99. The maximum Gasteiger partial charge on any atom is 0.166 e. The van der Waals surface area contributed by atoms with Gasteiger partial charge in [-0.15, -0.1) is 0 Å². The van der Waals surface area contributed by atoms with Crippen LogP contribution in [0.15, 0.2) is 46.2 Å². The molecule has 0 aliphatic rings. The number of hydrogen-bond donors (Lipinski definition) is 2. The summed E-state index contributed by atoms with van der Waals surface area (Å²) in [6.45, 7) is 0.144. The molecule has 2 aromatic rings. The second kappa shape index (κ2) is 6.72. The lowest BCUT2D eigenvalue weighted by Gasteiger charge is -2.17. The zero-order chi connectivity index (χ0) is 14.4. The highest BCUT2D eigenvalue weighted by Crippen LogP contribution is 2.24. The van der Waals surface area contributed by atoms with Crippen LogP contribution in [0, 0.1) is 0 Å². The van der Waals surface area contributed by atoms with Crippen LogP contribution in [0.5, 0.6) is 0 Å². The van der Waals surface area contributed by atoms with E-state index in [2.05, 4.69) is 15.2 Å². The minimum Gasteiger partial charge on any atom is -0.390 e. The summed E-state index contributed by atoms with van der Waals surface area (Å²) < 4.78 is 5.02. The molecule has 2 unspecified atom stereocenters. The molecule has 0 spiro atoms. The van der Waals surface area contributed by atoms with E-state index >= 15 is 0 Å². The van der Waals surface area contributed by atoms with Crippen molar-refractivity contribution < 1.29 is 14.7 Å². The molecule has 0 radical (unpaired) electrons. The molecule has 0 fully saturated rings. The van der Waals surface area contributed by atoms with Gasteiger partial charge >= 0.3 is 0 Å². The Morgan fingerprint density at radius 1 is 1.25 bits per heavy atom. The third-order valence-electron chi connectivity index (χ3n) is 2.93. The first kappa shape index (κ1) is 14.1. The van der Waals surface area contributed by atoms with Crippen molar-refractivity contribution in [3.63, 3.8) is 0 Å². The Bertz CT molecular complexity index is 576. The van der Waals surface area contributed by atoms with Crippen molar-refractivity contribution >= 4 is 0 Å². The fourth-order valence-corrected chi connectivity index (χ4v) is 1.82. The summed E-state index contributed by atoms with van der Waals surface area (Å²) in [5.41, 5.74) is 9.58. The van der Waals surface area contributed by atoms with E-state index in [0.717, 1.165) is 5.56 Å².